The summed E-state index contributed by atoms with van der Waals surface area (Å²) >= 11 is 0. The molecule has 2 aromatic rings. The molecule has 120 valence electrons. The summed E-state index contributed by atoms with van der Waals surface area (Å²) in [5.74, 6) is 0.670. The zero-order valence-corrected chi connectivity index (χ0v) is 13.8. The average molecular weight is 309 g/mol. The Hall–Kier alpha value is -2.36. The second-order valence-corrected chi connectivity index (χ2v) is 6.32. The first kappa shape index (κ1) is 15.5. The highest BCUT2D eigenvalue weighted by Gasteiger charge is 2.22. The summed E-state index contributed by atoms with van der Waals surface area (Å²) in [6, 6.07) is 12.0. The van der Waals surface area contributed by atoms with Crippen LogP contribution in [0.3, 0.4) is 0 Å². The minimum Gasteiger partial charge on any atom is -0.343 e. The Morgan fingerprint density at radius 1 is 1.22 bits per heavy atom. The lowest BCUT2D eigenvalue weighted by Crippen LogP contribution is -2.39. The number of piperidine rings is 1. The maximum absolute atomic E-state index is 12.7. The summed E-state index contributed by atoms with van der Waals surface area (Å²) in [4.78, 5) is 21.0. The van der Waals surface area contributed by atoms with Gasteiger partial charge in [-0.15, -0.1) is 0 Å². The van der Waals surface area contributed by atoms with Gasteiger partial charge in [0.15, 0.2) is 0 Å². The summed E-state index contributed by atoms with van der Waals surface area (Å²) < 4.78 is 0. The van der Waals surface area contributed by atoms with Crippen LogP contribution in [0.25, 0.3) is 0 Å². The fourth-order valence-electron chi connectivity index (χ4n) is 3.09. The van der Waals surface area contributed by atoms with E-state index in [1.165, 1.54) is 6.42 Å². The summed E-state index contributed by atoms with van der Waals surface area (Å²) in [6.07, 6.45) is 5.76. The van der Waals surface area contributed by atoms with E-state index >= 15 is 0 Å². The molecule has 1 fully saturated rings. The van der Waals surface area contributed by atoms with Crippen LogP contribution in [0.1, 0.15) is 30.1 Å². The van der Waals surface area contributed by atoms with Crippen molar-refractivity contribution in [3.05, 3.63) is 54.4 Å². The van der Waals surface area contributed by atoms with E-state index in [4.69, 9.17) is 0 Å². The topological polar surface area (TPSA) is 36.4 Å². The third-order valence-electron chi connectivity index (χ3n) is 4.45. The molecule has 1 atom stereocenters. The highest BCUT2D eigenvalue weighted by Crippen LogP contribution is 2.24. The Balaban J connectivity index is 1.81. The second-order valence-electron chi connectivity index (χ2n) is 6.32. The summed E-state index contributed by atoms with van der Waals surface area (Å²) in [6.45, 7) is 3.90. The number of carbonyl (C=O) groups excluding carboxylic acids is 1. The van der Waals surface area contributed by atoms with Crippen LogP contribution in [0.2, 0.25) is 0 Å². The minimum absolute atomic E-state index is 0.0901. The number of carbonyl (C=O) groups is 1. The first-order valence-electron chi connectivity index (χ1n) is 8.18. The second kappa shape index (κ2) is 6.82. The number of aromatic nitrogens is 1. The first-order chi connectivity index (χ1) is 11.1. The molecule has 1 aliphatic rings. The number of hydrogen-bond acceptors (Lipinski definition) is 3. The van der Waals surface area contributed by atoms with E-state index in [9.17, 15) is 4.79 Å². The number of nitrogens with zero attached hydrogens (tertiary/aromatic N) is 3. The Bertz CT molecular complexity index is 671. The summed E-state index contributed by atoms with van der Waals surface area (Å²) in [5, 5.41) is 0. The van der Waals surface area contributed by atoms with Crippen molar-refractivity contribution in [3.8, 4) is 0 Å². The van der Waals surface area contributed by atoms with Gasteiger partial charge in [-0.05, 0) is 37.0 Å². The first-order valence-corrected chi connectivity index (χ1v) is 8.18. The summed E-state index contributed by atoms with van der Waals surface area (Å²) in [5.41, 5.74) is 2.66. The molecule has 0 radical (unpaired) electrons. The van der Waals surface area contributed by atoms with Crippen molar-refractivity contribution in [2.24, 2.45) is 5.92 Å². The normalized spacial score (nSPS) is 17.8. The minimum atomic E-state index is 0.0901. The van der Waals surface area contributed by atoms with Crippen LogP contribution < -0.4 is 4.90 Å². The van der Waals surface area contributed by atoms with Crippen molar-refractivity contribution in [1.82, 2.24) is 9.88 Å². The third kappa shape index (κ3) is 3.52. The number of rotatable bonds is 3. The molecule has 1 amide bonds. The number of amides is 1. The third-order valence-corrected chi connectivity index (χ3v) is 4.45. The molecular weight excluding hydrogens is 286 g/mol. The fourth-order valence-corrected chi connectivity index (χ4v) is 3.09. The highest BCUT2D eigenvalue weighted by molar-refractivity contribution is 5.95. The molecule has 4 heteroatoms. The number of hydrogen-bond donors (Lipinski definition) is 0. The van der Waals surface area contributed by atoms with Crippen LogP contribution >= 0.6 is 0 Å². The Morgan fingerprint density at radius 3 is 2.74 bits per heavy atom. The van der Waals surface area contributed by atoms with Crippen molar-refractivity contribution < 1.29 is 4.79 Å². The van der Waals surface area contributed by atoms with Crippen molar-refractivity contribution in [3.63, 3.8) is 0 Å². The van der Waals surface area contributed by atoms with Gasteiger partial charge in [-0.25, -0.2) is 0 Å². The van der Waals surface area contributed by atoms with E-state index in [1.807, 2.05) is 53.2 Å². The van der Waals surface area contributed by atoms with Gasteiger partial charge in [0.2, 0.25) is 0 Å². The van der Waals surface area contributed by atoms with Gasteiger partial charge in [-0.3, -0.25) is 9.78 Å². The van der Waals surface area contributed by atoms with Gasteiger partial charge >= 0.3 is 0 Å². The van der Waals surface area contributed by atoms with Crippen LogP contribution in [-0.2, 0) is 0 Å². The lowest BCUT2D eigenvalue weighted by atomic mass is 10.00. The molecule has 1 aliphatic heterocycles. The zero-order chi connectivity index (χ0) is 16.2. The van der Waals surface area contributed by atoms with E-state index < -0.39 is 0 Å². The molecule has 1 unspecified atom stereocenters. The van der Waals surface area contributed by atoms with E-state index in [2.05, 4.69) is 11.9 Å². The fraction of sp³-hybridized carbons (Fsp3) is 0.368. The number of pyridine rings is 1. The molecule has 3 rings (SSSR count). The number of anilines is 2. The smallest absolute Gasteiger partial charge is 0.255 e. The zero-order valence-electron chi connectivity index (χ0n) is 13.8. The van der Waals surface area contributed by atoms with Gasteiger partial charge in [0.25, 0.3) is 5.91 Å². The molecule has 0 spiro atoms. The Morgan fingerprint density at radius 2 is 2.00 bits per heavy atom. The van der Waals surface area contributed by atoms with Gasteiger partial charge in [0.1, 0.15) is 0 Å². The standard InChI is InChI=1S/C19H23N3O/c1-15-7-6-10-22(14-15)19(23)16-11-18(13-20-12-16)21(2)17-8-4-3-5-9-17/h3-5,8-9,11-13,15H,6-7,10,14H2,1-2H3. The number of para-hydroxylation sites is 1. The molecule has 1 aromatic heterocycles. The van der Waals surface area contributed by atoms with Crippen LogP contribution in [0.4, 0.5) is 11.4 Å². The Kier molecular flexibility index (Phi) is 4.60. The SMILES string of the molecule is CC1CCCN(C(=O)c2cncc(N(C)c3ccccc3)c2)C1. The molecule has 23 heavy (non-hydrogen) atoms. The van der Waals surface area contributed by atoms with Crippen LogP contribution in [0.15, 0.2) is 48.8 Å². The van der Waals surface area contributed by atoms with E-state index in [1.54, 1.807) is 12.4 Å². The molecule has 1 aromatic carbocycles. The predicted octanol–water partition coefficient (Wildman–Crippen LogP) is 3.72. The van der Waals surface area contributed by atoms with Crippen molar-refractivity contribution in [1.29, 1.82) is 0 Å². The van der Waals surface area contributed by atoms with Crippen molar-refractivity contribution in [2.75, 3.05) is 25.0 Å². The molecule has 2 heterocycles. The maximum atomic E-state index is 12.7. The number of likely N-dealkylation sites (tertiary alicyclic amines) is 1. The Labute approximate surface area is 137 Å². The van der Waals surface area contributed by atoms with Gasteiger partial charge < -0.3 is 9.80 Å². The van der Waals surface area contributed by atoms with E-state index in [-0.39, 0.29) is 5.91 Å². The molecule has 0 bridgehead atoms. The van der Waals surface area contributed by atoms with Gasteiger partial charge in [0.05, 0.1) is 17.4 Å². The molecule has 0 saturated carbocycles. The van der Waals surface area contributed by atoms with Crippen LogP contribution in [0.5, 0.6) is 0 Å². The molecule has 0 N–H and O–H groups in total. The van der Waals surface area contributed by atoms with Crippen LogP contribution in [0, 0.1) is 5.92 Å². The maximum Gasteiger partial charge on any atom is 0.255 e. The monoisotopic (exact) mass is 309 g/mol. The van der Waals surface area contributed by atoms with Crippen molar-refractivity contribution >= 4 is 17.3 Å². The molecule has 4 nitrogen and oxygen atoms in total. The van der Waals surface area contributed by atoms with Gasteiger partial charge in [-0.1, -0.05) is 25.1 Å². The van der Waals surface area contributed by atoms with Gasteiger partial charge in [0, 0.05) is 32.0 Å². The lowest BCUT2D eigenvalue weighted by Gasteiger charge is -2.31. The molecule has 1 saturated heterocycles. The van der Waals surface area contributed by atoms with E-state index in [0.717, 1.165) is 30.9 Å². The van der Waals surface area contributed by atoms with E-state index in [0.29, 0.717) is 11.5 Å². The van der Waals surface area contributed by atoms with Crippen molar-refractivity contribution in [2.45, 2.75) is 19.8 Å². The number of benzene rings is 1. The quantitative estimate of drug-likeness (QED) is 0.867. The predicted molar refractivity (Wildman–Crippen MR) is 93.0 cm³/mol. The lowest BCUT2D eigenvalue weighted by molar-refractivity contribution is 0.0682. The summed E-state index contributed by atoms with van der Waals surface area (Å²) in [7, 11) is 1.99. The largest absolute Gasteiger partial charge is 0.343 e. The molecule has 0 aliphatic carbocycles. The highest BCUT2D eigenvalue weighted by atomic mass is 16.2. The average Bonchev–Trinajstić information content (AvgIpc) is 2.61. The van der Waals surface area contributed by atoms with Crippen LogP contribution in [-0.4, -0.2) is 35.9 Å². The molecular formula is C19H23N3O. The van der Waals surface area contributed by atoms with Gasteiger partial charge in [-0.2, -0.15) is 0 Å².